The van der Waals surface area contributed by atoms with Crippen molar-refractivity contribution in [3.8, 4) is 5.75 Å². The van der Waals surface area contributed by atoms with Crippen LogP contribution in [0.5, 0.6) is 5.75 Å². The van der Waals surface area contributed by atoms with Gasteiger partial charge in [-0.1, -0.05) is 15.9 Å². The molecule has 0 aliphatic heterocycles. The van der Waals surface area contributed by atoms with Crippen LogP contribution in [-0.4, -0.2) is 43.4 Å². The molecule has 0 saturated carbocycles. The lowest BCUT2D eigenvalue weighted by molar-refractivity contribution is 0.217. The minimum Gasteiger partial charge on any atom is -0.496 e. The molecule has 1 unspecified atom stereocenters. The number of rotatable bonds is 6. The van der Waals surface area contributed by atoms with Crippen molar-refractivity contribution in [1.29, 1.82) is 0 Å². The van der Waals surface area contributed by atoms with Crippen molar-refractivity contribution >= 4 is 15.9 Å². The van der Waals surface area contributed by atoms with Gasteiger partial charge in [0.05, 0.1) is 13.7 Å². The van der Waals surface area contributed by atoms with Gasteiger partial charge in [-0.2, -0.15) is 0 Å². The number of hydrogen-bond acceptors (Lipinski definition) is 4. The number of aliphatic hydroxyl groups is 1. The molecule has 1 atom stereocenters. The van der Waals surface area contributed by atoms with Crippen molar-refractivity contribution < 1.29 is 9.84 Å². The predicted octanol–water partition coefficient (Wildman–Crippen LogP) is 1.21. The summed E-state index contributed by atoms with van der Waals surface area (Å²) in [5.74, 6) is 0.859. The molecule has 1 aromatic rings. The van der Waals surface area contributed by atoms with Gasteiger partial charge in [0.25, 0.3) is 0 Å². The monoisotopic (exact) mass is 302 g/mol. The molecule has 1 rings (SSSR count). The average molecular weight is 303 g/mol. The maximum atomic E-state index is 8.91. The van der Waals surface area contributed by atoms with Gasteiger partial charge in [-0.15, -0.1) is 0 Å². The molecule has 0 spiro atoms. The summed E-state index contributed by atoms with van der Waals surface area (Å²) in [6.45, 7) is 1.38. The Labute approximate surface area is 110 Å². The summed E-state index contributed by atoms with van der Waals surface area (Å²) in [6, 6.07) is 5.69. The first kappa shape index (κ1) is 14.4. The highest BCUT2D eigenvalue weighted by molar-refractivity contribution is 9.10. The lowest BCUT2D eigenvalue weighted by atomic mass is 10.2. The van der Waals surface area contributed by atoms with E-state index < -0.39 is 0 Å². The second-order valence-electron chi connectivity index (χ2n) is 4.10. The SMILES string of the molecule is COc1ccc(Br)cc1CN(C)CC(N)CO. The van der Waals surface area contributed by atoms with Crippen LogP contribution in [0.4, 0.5) is 0 Å². The van der Waals surface area contributed by atoms with Crippen LogP contribution in [0.1, 0.15) is 5.56 Å². The Morgan fingerprint density at radius 1 is 1.53 bits per heavy atom. The molecule has 0 saturated heterocycles. The van der Waals surface area contributed by atoms with Crippen LogP contribution in [0.25, 0.3) is 0 Å². The van der Waals surface area contributed by atoms with E-state index in [9.17, 15) is 0 Å². The average Bonchev–Trinajstić information content (AvgIpc) is 2.29. The molecular formula is C12H19BrN2O2. The Morgan fingerprint density at radius 2 is 2.24 bits per heavy atom. The Bertz CT molecular complexity index is 360. The fourth-order valence-corrected chi connectivity index (χ4v) is 2.09. The number of nitrogens with two attached hydrogens (primary N) is 1. The zero-order chi connectivity index (χ0) is 12.8. The summed E-state index contributed by atoms with van der Waals surface area (Å²) >= 11 is 3.44. The zero-order valence-electron chi connectivity index (χ0n) is 10.2. The third-order valence-electron chi connectivity index (χ3n) is 2.46. The highest BCUT2D eigenvalue weighted by atomic mass is 79.9. The summed E-state index contributed by atoms with van der Waals surface area (Å²) in [4.78, 5) is 2.06. The first-order valence-electron chi connectivity index (χ1n) is 5.44. The number of nitrogens with zero attached hydrogens (tertiary/aromatic N) is 1. The number of likely N-dealkylation sites (N-methyl/N-ethyl adjacent to an activating group) is 1. The van der Waals surface area contributed by atoms with Crippen LogP contribution in [-0.2, 0) is 6.54 Å². The van der Waals surface area contributed by atoms with E-state index in [1.54, 1.807) is 7.11 Å². The summed E-state index contributed by atoms with van der Waals surface area (Å²) in [5.41, 5.74) is 6.79. The topological polar surface area (TPSA) is 58.7 Å². The van der Waals surface area contributed by atoms with Gasteiger partial charge in [0.2, 0.25) is 0 Å². The molecule has 5 heteroatoms. The van der Waals surface area contributed by atoms with Crippen LogP contribution in [0.3, 0.4) is 0 Å². The molecule has 0 amide bonds. The first-order valence-corrected chi connectivity index (χ1v) is 6.23. The van der Waals surface area contributed by atoms with Crippen molar-refractivity contribution in [2.75, 3.05) is 27.3 Å². The van der Waals surface area contributed by atoms with Gasteiger partial charge in [0, 0.05) is 29.2 Å². The summed E-state index contributed by atoms with van der Waals surface area (Å²) in [5, 5.41) is 8.91. The number of halogens is 1. The Balaban J connectivity index is 2.69. The van der Waals surface area contributed by atoms with E-state index >= 15 is 0 Å². The lowest BCUT2D eigenvalue weighted by Crippen LogP contribution is -2.37. The van der Waals surface area contributed by atoms with Crippen molar-refractivity contribution in [3.63, 3.8) is 0 Å². The van der Waals surface area contributed by atoms with Crippen LogP contribution < -0.4 is 10.5 Å². The van der Waals surface area contributed by atoms with Gasteiger partial charge in [-0.3, -0.25) is 0 Å². The number of aliphatic hydroxyl groups excluding tert-OH is 1. The molecule has 1 aromatic carbocycles. The molecule has 0 aliphatic rings. The second kappa shape index (κ2) is 6.96. The Morgan fingerprint density at radius 3 is 2.82 bits per heavy atom. The largest absolute Gasteiger partial charge is 0.496 e. The van der Waals surface area contributed by atoms with E-state index in [0.29, 0.717) is 6.54 Å². The van der Waals surface area contributed by atoms with E-state index in [-0.39, 0.29) is 12.6 Å². The smallest absolute Gasteiger partial charge is 0.123 e. The molecule has 0 bridgehead atoms. The third kappa shape index (κ3) is 4.63. The molecule has 0 radical (unpaired) electrons. The van der Waals surface area contributed by atoms with Crippen molar-refractivity contribution in [3.05, 3.63) is 28.2 Å². The van der Waals surface area contributed by atoms with Crippen LogP contribution in [0.15, 0.2) is 22.7 Å². The van der Waals surface area contributed by atoms with Gasteiger partial charge in [-0.25, -0.2) is 0 Å². The van der Waals surface area contributed by atoms with Gasteiger partial charge in [-0.05, 0) is 25.2 Å². The summed E-state index contributed by atoms with van der Waals surface area (Å²) in [7, 11) is 3.63. The van der Waals surface area contributed by atoms with Crippen molar-refractivity contribution in [2.45, 2.75) is 12.6 Å². The van der Waals surface area contributed by atoms with E-state index in [1.807, 2.05) is 25.2 Å². The quantitative estimate of drug-likeness (QED) is 0.829. The molecule has 3 N–H and O–H groups in total. The predicted molar refractivity (Wildman–Crippen MR) is 72.1 cm³/mol. The van der Waals surface area contributed by atoms with E-state index in [2.05, 4.69) is 20.8 Å². The highest BCUT2D eigenvalue weighted by Crippen LogP contribution is 2.23. The summed E-state index contributed by atoms with van der Waals surface area (Å²) in [6.07, 6.45) is 0. The van der Waals surface area contributed by atoms with Gasteiger partial charge < -0.3 is 20.5 Å². The number of hydrogen-bond donors (Lipinski definition) is 2. The minimum atomic E-state index is -0.210. The van der Waals surface area contributed by atoms with E-state index in [1.165, 1.54) is 0 Å². The minimum absolute atomic E-state index is 0.0000406. The Hall–Kier alpha value is -0.620. The van der Waals surface area contributed by atoms with Gasteiger partial charge in [0.1, 0.15) is 5.75 Å². The van der Waals surface area contributed by atoms with E-state index in [4.69, 9.17) is 15.6 Å². The van der Waals surface area contributed by atoms with Crippen LogP contribution in [0.2, 0.25) is 0 Å². The Kier molecular flexibility index (Phi) is 5.91. The lowest BCUT2D eigenvalue weighted by Gasteiger charge is -2.21. The van der Waals surface area contributed by atoms with Crippen LogP contribution >= 0.6 is 15.9 Å². The molecule has 17 heavy (non-hydrogen) atoms. The highest BCUT2D eigenvalue weighted by Gasteiger charge is 2.09. The maximum Gasteiger partial charge on any atom is 0.123 e. The molecule has 0 heterocycles. The van der Waals surface area contributed by atoms with Crippen molar-refractivity contribution in [2.24, 2.45) is 5.73 Å². The standard InChI is InChI=1S/C12H19BrN2O2/c1-15(7-11(14)8-16)6-9-5-10(13)3-4-12(9)17-2/h3-5,11,16H,6-8,14H2,1-2H3. The molecule has 0 aromatic heterocycles. The fraction of sp³-hybridized carbons (Fsp3) is 0.500. The van der Waals surface area contributed by atoms with Gasteiger partial charge >= 0.3 is 0 Å². The normalized spacial score (nSPS) is 12.8. The number of ether oxygens (including phenoxy) is 1. The third-order valence-corrected chi connectivity index (χ3v) is 2.96. The first-order chi connectivity index (χ1) is 8.06. The zero-order valence-corrected chi connectivity index (χ0v) is 11.8. The number of methoxy groups -OCH3 is 1. The molecule has 0 aliphatic carbocycles. The molecule has 4 nitrogen and oxygen atoms in total. The molecule has 0 fully saturated rings. The van der Waals surface area contributed by atoms with E-state index in [0.717, 1.165) is 22.3 Å². The second-order valence-corrected chi connectivity index (χ2v) is 5.01. The fourth-order valence-electron chi connectivity index (χ4n) is 1.68. The van der Waals surface area contributed by atoms with Gasteiger partial charge in [0.15, 0.2) is 0 Å². The summed E-state index contributed by atoms with van der Waals surface area (Å²) < 4.78 is 6.33. The maximum absolute atomic E-state index is 8.91. The molecular weight excluding hydrogens is 284 g/mol. The van der Waals surface area contributed by atoms with Crippen molar-refractivity contribution in [1.82, 2.24) is 4.90 Å². The van der Waals surface area contributed by atoms with Crippen LogP contribution in [0, 0.1) is 0 Å². The molecule has 96 valence electrons. The number of benzene rings is 1.